The molecule has 0 saturated heterocycles. The highest BCUT2D eigenvalue weighted by Crippen LogP contribution is 2.43. The number of hydrogen-bond donors (Lipinski definition) is 0. The number of hydrogen-bond acceptors (Lipinski definition) is 6. The normalized spacial score (nSPS) is 11.6. The molecule has 3 heterocycles. The standard InChI is InChI=1S/C38H22N4S2/c1-3-11-24(12-4-1)35-40-36(27-19-18-23-10-7-8-15-26(23)20-27)42-37(41-35)28-16-9-17-31-34(28)29-21-30-33(22-32(29)43-31)44-38(39-30)25-13-5-2-6-14-25/h1-22H. The van der Waals surface area contributed by atoms with Crippen LogP contribution < -0.4 is 0 Å². The molecule has 0 amide bonds. The Morgan fingerprint density at radius 1 is 0.409 bits per heavy atom. The SMILES string of the molecule is c1ccc(-c2nc(-c3ccc4ccccc4c3)nc(-c3cccc4sc5cc6sc(-c7ccccc7)nc6cc5c34)n2)cc1. The van der Waals surface area contributed by atoms with E-state index in [9.17, 15) is 0 Å². The largest absolute Gasteiger partial charge is 0.236 e. The van der Waals surface area contributed by atoms with E-state index in [2.05, 4.69) is 97.1 Å². The number of thiazole rings is 1. The topological polar surface area (TPSA) is 51.6 Å². The Balaban J connectivity index is 1.27. The smallest absolute Gasteiger partial charge is 0.164 e. The predicted molar refractivity (Wildman–Crippen MR) is 185 cm³/mol. The fourth-order valence-electron chi connectivity index (χ4n) is 5.81. The molecule has 0 radical (unpaired) electrons. The Morgan fingerprint density at radius 3 is 1.93 bits per heavy atom. The van der Waals surface area contributed by atoms with Crippen LogP contribution in [0.5, 0.6) is 0 Å². The van der Waals surface area contributed by atoms with Crippen molar-refractivity contribution < 1.29 is 0 Å². The highest BCUT2D eigenvalue weighted by atomic mass is 32.1. The number of nitrogens with zero attached hydrogens (tertiary/aromatic N) is 4. The highest BCUT2D eigenvalue weighted by Gasteiger charge is 2.18. The molecule has 6 heteroatoms. The molecule has 0 fully saturated rings. The molecule has 4 nitrogen and oxygen atoms in total. The lowest BCUT2D eigenvalue weighted by molar-refractivity contribution is 1.08. The lowest BCUT2D eigenvalue weighted by Crippen LogP contribution is -2.00. The molecular weight excluding hydrogens is 577 g/mol. The van der Waals surface area contributed by atoms with Gasteiger partial charge in [-0.3, -0.25) is 0 Å². The molecule has 9 rings (SSSR count). The zero-order chi connectivity index (χ0) is 29.0. The van der Waals surface area contributed by atoms with Gasteiger partial charge in [0.25, 0.3) is 0 Å². The zero-order valence-corrected chi connectivity index (χ0v) is 24.9. The van der Waals surface area contributed by atoms with Crippen molar-refractivity contribution in [3.8, 4) is 44.7 Å². The molecule has 3 aromatic heterocycles. The third kappa shape index (κ3) is 4.27. The number of fused-ring (bicyclic) bond motifs is 5. The van der Waals surface area contributed by atoms with Gasteiger partial charge < -0.3 is 0 Å². The van der Waals surface area contributed by atoms with Gasteiger partial charge in [0, 0.05) is 42.4 Å². The van der Waals surface area contributed by atoms with E-state index < -0.39 is 0 Å². The summed E-state index contributed by atoms with van der Waals surface area (Å²) in [7, 11) is 0. The quantitative estimate of drug-likeness (QED) is 0.202. The molecule has 0 aliphatic heterocycles. The maximum atomic E-state index is 5.12. The number of benzene rings is 6. The van der Waals surface area contributed by atoms with Gasteiger partial charge in [0.05, 0.1) is 10.2 Å². The summed E-state index contributed by atoms with van der Waals surface area (Å²) in [5.74, 6) is 1.98. The Bertz CT molecular complexity index is 2500. The average Bonchev–Trinajstić information content (AvgIpc) is 3.68. The van der Waals surface area contributed by atoms with Crippen molar-refractivity contribution in [3.63, 3.8) is 0 Å². The second-order valence-electron chi connectivity index (χ2n) is 10.7. The van der Waals surface area contributed by atoms with Gasteiger partial charge in [-0.15, -0.1) is 22.7 Å². The van der Waals surface area contributed by atoms with E-state index in [1.807, 2.05) is 36.4 Å². The van der Waals surface area contributed by atoms with E-state index in [1.54, 1.807) is 22.7 Å². The van der Waals surface area contributed by atoms with Crippen LogP contribution in [0.1, 0.15) is 0 Å². The Labute approximate surface area is 261 Å². The van der Waals surface area contributed by atoms with Crippen molar-refractivity contribution >= 4 is 63.8 Å². The minimum absolute atomic E-state index is 0.657. The molecule has 44 heavy (non-hydrogen) atoms. The molecular formula is C38H22N4S2. The van der Waals surface area contributed by atoms with E-state index in [0.29, 0.717) is 17.5 Å². The van der Waals surface area contributed by atoms with Crippen molar-refractivity contribution in [2.45, 2.75) is 0 Å². The van der Waals surface area contributed by atoms with Crippen molar-refractivity contribution in [1.29, 1.82) is 0 Å². The van der Waals surface area contributed by atoms with Crippen molar-refractivity contribution in [2.75, 3.05) is 0 Å². The lowest BCUT2D eigenvalue weighted by Gasteiger charge is -2.10. The average molecular weight is 599 g/mol. The number of aromatic nitrogens is 4. The fourth-order valence-corrected chi connectivity index (χ4v) is 8.03. The van der Waals surface area contributed by atoms with Gasteiger partial charge in [0.1, 0.15) is 5.01 Å². The number of thiophene rings is 1. The maximum Gasteiger partial charge on any atom is 0.164 e. The van der Waals surface area contributed by atoms with E-state index in [4.69, 9.17) is 19.9 Å². The van der Waals surface area contributed by atoms with Gasteiger partial charge in [-0.2, -0.15) is 0 Å². The van der Waals surface area contributed by atoms with Crippen LogP contribution in [0.4, 0.5) is 0 Å². The first-order chi connectivity index (χ1) is 21.8. The third-order valence-electron chi connectivity index (χ3n) is 7.94. The fraction of sp³-hybridized carbons (Fsp3) is 0. The summed E-state index contributed by atoms with van der Waals surface area (Å²) in [5, 5.41) is 5.70. The van der Waals surface area contributed by atoms with Crippen LogP contribution in [0.3, 0.4) is 0 Å². The van der Waals surface area contributed by atoms with Crippen molar-refractivity contribution in [2.24, 2.45) is 0 Å². The molecule has 0 aliphatic carbocycles. The second kappa shape index (κ2) is 10.2. The number of rotatable bonds is 4. The van der Waals surface area contributed by atoms with Gasteiger partial charge in [0.2, 0.25) is 0 Å². The molecule has 0 spiro atoms. The van der Waals surface area contributed by atoms with Gasteiger partial charge in [0.15, 0.2) is 17.5 Å². The summed E-state index contributed by atoms with van der Waals surface area (Å²) in [4.78, 5) is 20.2. The highest BCUT2D eigenvalue weighted by molar-refractivity contribution is 7.26. The summed E-state index contributed by atoms with van der Waals surface area (Å²) in [5.41, 5.74) is 5.06. The molecule has 0 unspecified atom stereocenters. The van der Waals surface area contributed by atoms with Gasteiger partial charge in [-0.05, 0) is 35.0 Å². The molecule has 206 valence electrons. The van der Waals surface area contributed by atoms with Crippen LogP contribution in [0.2, 0.25) is 0 Å². The van der Waals surface area contributed by atoms with Crippen LogP contribution >= 0.6 is 22.7 Å². The van der Waals surface area contributed by atoms with Crippen molar-refractivity contribution in [3.05, 3.63) is 133 Å². The monoisotopic (exact) mass is 598 g/mol. The van der Waals surface area contributed by atoms with Crippen LogP contribution in [0, 0.1) is 0 Å². The van der Waals surface area contributed by atoms with Crippen LogP contribution in [0.15, 0.2) is 133 Å². The molecule has 0 N–H and O–H groups in total. The summed E-state index contributed by atoms with van der Waals surface area (Å²) in [6, 6.07) is 46.2. The van der Waals surface area contributed by atoms with Crippen LogP contribution in [0.25, 0.3) is 85.9 Å². The minimum atomic E-state index is 0.657. The first-order valence-electron chi connectivity index (χ1n) is 14.4. The summed E-state index contributed by atoms with van der Waals surface area (Å²) in [6.45, 7) is 0. The summed E-state index contributed by atoms with van der Waals surface area (Å²) >= 11 is 3.54. The van der Waals surface area contributed by atoms with Gasteiger partial charge >= 0.3 is 0 Å². The second-order valence-corrected chi connectivity index (χ2v) is 12.8. The Morgan fingerprint density at radius 2 is 1.11 bits per heavy atom. The van der Waals surface area contributed by atoms with E-state index in [-0.39, 0.29) is 0 Å². The molecule has 0 aliphatic rings. The van der Waals surface area contributed by atoms with Gasteiger partial charge in [-0.1, -0.05) is 109 Å². The first kappa shape index (κ1) is 25.2. The third-order valence-corrected chi connectivity index (χ3v) is 10.1. The minimum Gasteiger partial charge on any atom is -0.236 e. The van der Waals surface area contributed by atoms with E-state index in [1.165, 1.54) is 24.9 Å². The lowest BCUT2D eigenvalue weighted by atomic mass is 10.0. The first-order valence-corrected chi connectivity index (χ1v) is 16.0. The Kier molecular flexibility index (Phi) is 5.82. The van der Waals surface area contributed by atoms with Gasteiger partial charge in [-0.25, -0.2) is 19.9 Å². The van der Waals surface area contributed by atoms with E-state index in [0.717, 1.165) is 43.6 Å². The predicted octanol–water partition coefficient (Wildman–Crippen LogP) is 10.7. The Hall–Kier alpha value is -5.30. The summed E-state index contributed by atoms with van der Waals surface area (Å²) in [6.07, 6.45) is 0. The van der Waals surface area contributed by atoms with E-state index >= 15 is 0 Å². The summed E-state index contributed by atoms with van der Waals surface area (Å²) < 4.78 is 3.62. The van der Waals surface area contributed by atoms with Crippen LogP contribution in [-0.2, 0) is 0 Å². The molecule has 9 aromatic rings. The molecule has 0 atom stereocenters. The molecule has 6 aromatic carbocycles. The zero-order valence-electron chi connectivity index (χ0n) is 23.3. The van der Waals surface area contributed by atoms with Crippen molar-refractivity contribution in [1.82, 2.24) is 19.9 Å². The molecule has 0 saturated carbocycles. The van der Waals surface area contributed by atoms with Crippen LogP contribution in [-0.4, -0.2) is 19.9 Å². The maximum absolute atomic E-state index is 5.12. The molecule has 0 bridgehead atoms.